The zero-order valence-electron chi connectivity index (χ0n) is 32.1. The molecule has 16 nitrogen and oxygen atoms in total. The Morgan fingerprint density at radius 2 is 1.07 bits per heavy atom. The van der Waals surface area contributed by atoms with Crippen LogP contribution in [-0.2, 0) is 22.6 Å². The van der Waals surface area contributed by atoms with Gasteiger partial charge in [0.05, 0.1) is 46.3 Å². The van der Waals surface area contributed by atoms with Gasteiger partial charge in [0.1, 0.15) is 11.4 Å². The zero-order chi connectivity index (χ0) is 41.1. The number of imidazole rings is 2. The van der Waals surface area contributed by atoms with Gasteiger partial charge in [-0.2, -0.15) is 0 Å². The summed E-state index contributed by atoms with van der Waals surface area (Å²) in [5, 5.41) is 6.89. The van der Waals surface area contributed by atoms with Crippen molar-refractivity contribution in [2.24, 2.45) is 0 Å². The minimum absolute atomic E-state index is 0.0322. The predicted octanol–water partition coefficient (Wildman–Crippen LogP) is 6.22. The Balaban J connectivity index is 0.000000177. The summed E-state index contributed by atoms with van der Waals surface area (Å²) in [5.41, 5.74) is 3.98. The van der Waals surface area contributed by atoms with Crippen LogP contribution in [0.5, 0.6) is 0 Å². The van der Waals surface area contributed by atoms with Crippen molar-refractivity contribution in [3.63, 3.8) is 0 Å². The summed E-state index contributed by atoms with van der Waals surface area (Å²) >= 11 is 0. The standard InChI is InChI=1S/2C21H20N4O4/c1-3-25-16-10-9-12(11-15(16)24-21(25)28)22-17-18(20(27)29-4-2)23-14-8-6-5-7-13(14)19(17)26;1-3-25-16-10-13-14(11-15(16)24-21(25)28)23-18(20(27)29-4-2)17(19(13)26)22-12-8-6-5-7-9-12/h2*5-11,22H,3-4H2,1-2H3,(H,23,26)(H,24,28). The van der Waals surface area contributed by atoms with E-state index >= 15 is 0 Å². The Hall–Kier alpha value is -7.62. The minimum atomic E-state index is -0.635. The van der Waals surface area contributed by atoms with Crippen LogP contribution in [0.15, 0.2) is 104 Å². The number of pyridine rings is 2. The van der Waals surface area contributed by atoms with Gasteiger partial charge in [0.2, 0.25) is 10.9 Å². The molecular weight excluding hydrogens is 745 g/mol. The van der Waals surface area contributed by atoms with Crippen LogP contribution in [0.3, 0.4) is 0 Å². The number of aryl methyl sites for hydroxylation is 2. The first kappa shape index (κ1) is 38.6. The van der Waals surface area contributed by atoms with Crippen LogP contribution in [0.2, 0.25) is 0 Å². The molecule has 0 aliphatic rings. The molecule has 0 unspecified atom stereocenters. The summed E-state index contributed by atoms with van der Waals surface area (Å²) in [6, 6.07) is 24.7. The highest BCUT2D eigenvalue weighted by molar-refractivity contribution is 6.02. The molecule has 0 saturated heterocycles. The number of nitrogens with one attached hydrogen (secondary N) is 6. The van der Waals surface area contributed by atoms with Crippen molar-refractivity contribution in [1.29, 1.82) is 0 Å². The van der Waals surface area contributed by atoms with Gasteiger partial charge in [-0.1, -0.05) is 30.3 Å². The maximum atomic E-state index is 13.3. The number of ether oxygens (including phenoxy) is 2. The van der Waals surface area contributed by atoms with Crippen LogP contribution in [-0.4, -0.2) is 54.2 Å². The van der Waals surface area contributed by atoms with E-state index in [1.54, 1.807) is 89.7 Å². The fraction of sp³-hybridized carbons (Fsp3) is 0.190. The SMILES string of the molecule is CCOC(=O)c1[nH]c2cc3[nH]c(=O)n(CC)c3cc2c(=O)c1Nc1ccccc1.CCOC(=O)c1[nH]c2ccccc2c(=O)c1Nc1ccc2c(c1)[nH]c(=O)n2CC. The summed E-state index contributed by atoms with van der Waals surface area (Å²) in [4.78, 5) is 87.1. The first-order valence-electron chi connectivity index (χ1n) is 18.7. The summed E-state index contributed by atoms with van der Waals surface area (Å²) in [7, 11) is 0. The van der Waals surface area contributed by atoms with Crippen molar-refractivity contribution >= 4 is 78.6 Å². The average Bonchev–Trinajstić information content (AvgIpc) is 3.72. The Morgan fingerprint density at radius 1 is 0.534 bits per heavy atom. The van der Waals surface area contributed by atoms with Crippen molar-refractivity contribution in [3.8, 4) is 0 Å². The van der Waals surface area contributed by atoms with Gasteiger partial charge in [0.15, 0.2) is 11.4 Å². The van der Waals surface area contributed by atoms with Crippen LogP contribution in [0.1, 0.15) is 48.7 Å². The molecule has 4 aromatic carbocycles. The van der Waals surface area contributed by atoms with E-state index in [-0.39, 0.29) is 58.2 Å². The lowest BCUT2D eigenvalue weighted by Gasteiger charge is -2.13. The van der Waals surface area contributed by atoms with Crippen LogP contribution < -0.4 is 32.9 Å². The Labute approximate surface area is 328 Å². The van der Waals surface area contributed by atoms with Crippen LogP contribution in [0, 0.1) is 0 Å². The number of aromatic nitrogens is 6. The lowest BCUT2D eigenvalue weighted by Crippen LogP contribution is -2.19. The fourth-order valence-electron chi connectivity index (χ4n) is 6.81. The average molecular weight is 785 g/mol. The van der Waals surface area contributed by atoms with Crippen LogP contribution in [0.4, 0.5) is 22.7 Å². The fourth-order valence-corrected chi connectivity index (χ4v) is 6.81. The van der Waals surface area contributed by atoms with E-state index in [2.05, 4.69) is 30.6 Å². The first-order chi connectivity index (χ1) is 28.1. The number of carbonyl (C=O) groups is 2. The van der Waals surface area contributed by atoms with E-state index in [1.165, 1.54) is 0 Å². The molecule has 0 spiro atoms. The van der Waals surface area contributed by atoms with Gasteiger partial charge in [0, 0.05) is 35.2 Å². The number of hydrogen-bond donors (Lipinski definition) is 6. The maximum Gasteiger partial charge on any atom is 0.357 e. The van der Waals surface area contributed by atoms with Crippen LogP contribution >= 0.6 is 0 Å². The number of hydrogen-bond acceptors (Lipinski definition) is 10. The Bertz CT molecular complexity index is 3100. The molecular formula is C42H40N8O8. The normalized spacial score (nSPS) is 11.1. The van der Waals surface area contributed by atoms with Gasteiger partial charge in [-0.3, -0.25) is 18.7 Å². The molecule has 0 fully saturated rings. The molecule has 296 valence electrons. The number of H-pyrrole nitrogens is 4. The molecule has 8 aromatic rings. The molecule has 0 atom stereocenters. The number of fused-ring (bicyclic) bond motifs is 4. The third-order valence-electron chi connectivity index (χ3n) is 9.48. The second kappa shape index (κ2) is 16.2. The first-order valence-corrected chi connectivity index (χ1v) is 18.7. The summed E-state index contributed by atoms with van der Waals surface area (Å²) in [6.45, 7) is 8.52. The third kappa shape index (κ3) is 7.25. The highest BCUT2D eigenvalue weighted by atomic mass is 16.5. The van der Waals surface area contributed by atoms with E-state index in [1.807, 2.05) is 32.0 Å². The van der Waals surface area contributed by atoms with Crippen molar-refractivity contribution in [1.82, 2.24) is 29.1 Å². The van der Waals surface area contributed by atoms with E-state index in [0.29, 0.717) is 62.8 Å². The quantitative estimate of drug-likeness (QED) is 0.0860. The number of esters is 2. The van der Waals surface area contributed by atoms with E-state index in [0.717, 1.165) is 5.52 Å². The summed E-state index contributed by atoms with van der Waals surface area (Å²) in [6.07, 6.45) is 0. The molecule has 8 rings (SSSR count). The number of aromatic amines is 4. The molecule has 0 aliphatic carbocycles. The van der Waals surface area contributed by atoms with Gasteiger partial charge in [-0.15, -0.1) is 0 Å². The van der Waals surface area contributed by atoms with E-state index < -0.39 is 11.9 Å². The minimum Gasteiger partial charge on any atom is -0.461 e. The number of anilines is 4. The van der Waals surface area contributed by atoms with Crippen molar-refractivity contribution < 1.29 is 19.1 Å². The van der Waals surface area contributed by atoms with E-state index in [9.17, 15) is 28.8 Å². The highest BCUT2D eigenvalue weighted by Gasteiger charge is 2.22. The maximum absolute atomic E-state index is 13.3. The molecule has 0 saturated carbocycles. The number of nitrogens with zero attached hydrogens (tertiary/aromatic N) is 2. The van der Waals surface area contributed by atoms with Crippen molar-refractivity contribution in [3.05, 3.63) is 138 Å². The summed E-state index contributed by atoms with van der Waals surface area (Å²) in [5.74, 6) is -1.26. The van der Waals surface area contributed by atoms with Crippen molar-refractivity contribution in [2.45, 2.75) is 40.8 Å². The molecule has 16 heteroatoms. The topological polar surface area (TPSA) is 218 Å². The molecule has 0 aliphatic heterocycles. The summed E-state index contributed by atoms with van der Waals surface area (Å²) < 4.78 is 13.4. The van der Waals surface area contributed by atoms with Gasteiger partial charge in [-0.05, 0) is 82.3 Å². The molecule has 58 heavy (non-hydrogen) atoms. The lowest BCUT2D eigenvalue weighted by molar-refractivity contribution is 0.0511. The van der Waals surface area contributed by atoms with Gasteiger partial charge in [0.25, 0.3) is 0 Å². The number of para-hydroxylation sites is 2. The number of carbonyl (C=O) groups excluding carboxylic acids is 2. The van der Waals surface area contributed by atoms with Crippen molar-refractivity contribution in [2.75, 3.05) is 23.8 Å². The van der Waals surface area contributed by atoms with E-state index in [4.69, 9.17) is 9.47 Å². The molecule has 6 N–H and O–H groups in total. The molecule has 0 bridgehead atoms. The monoisotopic (exact) mass is 784 g/mol. The molecule has 0 radical (unpaired) electrons. The van der Waals surface area contributed by atoms with Crippen LogP contribution in [0.25, 0.3) is 43.9 Å². The Morgan fingerprint density at radius 3 is 1.69 bits per heavy atom. The molecule has 4 heterocycles. The smallest absolute Gasteiger partial charge is 0.357 e. The van der Waals surface area contributed by atoms with Gasteiger partial charge in [-0.25, -0.2) is 19.2 Å². The third-order valence-corrected chi connectivity index (χ3v) is 9.48. The highest BCUT2D eigenvalue weighted by Crippen LogP contribution is 2.25. The Kier molecular flexibility index (Phi) is 10.8. The predicted molar refractivity (Wildman–Crippen MR) is 224 cm³/mol. The second-order valence-electron chi connectivity index (χ2n) is 13.0. The van der Waals surface area contributed by atoms with Gasteiger partial charge >= 0.3 is 23.3 Å². The van der Waals surface area contributed by atoms with Gasteiger partial charge < -0.3 is 40.0 Å². The second-order valence-corrected chi connectivity index (χ2v) is 13.0. The number of benzene rings is 4. The zero-order valence-corrected chi connectivity index (χ0v) is 32.1. The molecule has 0 amide bonds. The lowest BCUT2D eigenvalue weighted by atomic mass is 10.1. The molecule has 4 aromatic heterocycles. The largest absolute Gasteiger partial charge is 0.461 e. The number of rotatable bonds is 10.